The lowest BCUT2D eigenvalue weighted by Gasteiger charge is -2.12. The molecule has 0 spiro atoms. The normalized spacial score (nSPS) is 12.6. The molecule has 2 aromatic rings. The van der Waals surface area contributed by atoms with Crippen LogP contribution in [-0.2, 0) is 22.1 Å². The topological polar surface area (TPSA) is 55.8 Å². The molecule has 0 aliphatic carbocycles. The average molecular weight is 432 g/mol. The van der Waals surface area contributed by atoms with Gasteiger partial charge < -0.3 is 14.6 Å². The van der Waals surface area contributed by atoms with Crippen molar-refractivity contribution in [1.82, 2.24) is 0 Å². The fraction of sp³-hybridized carbons (Fsp3) is 0.292. The van der Waals surface area contributed by atoms with Gasteiger partial charge in [0.1, 0.15) is 12.4 Å². The van der Waals surface area contributed by atoms with E-state index < -0.39 is 23.8 Å². The zero-order chi connectivity index (χ0) is 22.9. The Morgan fingerprint density at radius 3 is 2.52 bits per heavy atom. The summed E-state index contributed by atoms with van der Waals surface area (Å²) in [4.78, 5) is 11.2. The summed E-state index contributed by atoms with van der Waals surface area (Å²) in [5.41, 5.74) is 1.02. The first-order chi connectivity index (χ1) is 14.7. The number of carbonyl (C=O) groups is 1. The van der Waals surface area contributed by atoms with Crippen LogP contribution in [0.1, 0.15) is 30.5 Å². The van der Waals surface area contributed by atoms with E-state index in [0.717, 1.165) is 17.7 Å². The minimum Gasteiger partial charge on any atom is -0.490 e. The van der Waals surface area contributed by atoms with Gasteiger partial charge in [-0.1, -0.05) is 30.0 Å². The minimum absolute atomic E-state index is 0.235. The predicted molar refractivity (Wildman–Crippen MR) is 111 cm³/mol. The first-order valence-corrected chi connectivity index (χ1v) is 9.61. The Kier molecular flexibility index (Phi) is 8.71. The molecule has 0 saturated carbocycles. The van der Waals surface area contributed by atoms with Crippen molar-refractivity contribution in [3.63, 3.8) is 0 Å². The van der Waals surface area contributed by atoms with E-state index in [4.69, 9.17) is 14.6 Å². The molecular formula is C24H23F3O4. The van der Waals surface area contributed by atoms with Gasteiger partial charge in [0, 0.05) is 18.6 Å². The second-order valence-corrected chi connectivity index (χ2v) is 6.66. The van der Waals surface area contributed by atoms with E-state index >= 15 is 0 Å². The summed E-state index contributed by atoms with van der Waals surface area (Å²) >= 11 is 0. The zero-order valence-electron chi connectivity index (χ0n) is 17.2. The highest BCUT2D eigenvalue weighted by atomic mass is 19.4. The van der Waals surface area contributed by atoms with Crippen LogP contribution in [0, 0.1) is 11.8 Å². The Hall–Kier alpha value is -3.24. The fourth-order valence-electron chi connectivity index (χ4n) is 2.61. The molecule has 2 rings (SSSR count). The molecule has 0 radical (unpaired) electrons. The smallest absolute Gasteiger partial charge is 0.416 e. The molecule has 0 aliphatic heterocycles. The van der Waals surface area contributed by atoms with Crippen molar-refractivity contribution in [2.24, 2.45) is 0 Å². The van der Waals surface area contributed by atoms with Gasteiger partial charge in [-0.3, -0.25) is 0 Å². The molecule has 164 valence electrons. The van der Waals surface area contributed by atoms with Crippen LogP contribution in [0.25, 0.3) is 0 Å². The number of carboxylic acids is 1. The van der Waals surface area contributed by atoms with Crippen LogP contribution in [0.4, 0.5) is 13.2 Å². The van der Waals surface area contributed by atoms with Crippen molar-refractivity contribution in [2.45, 2.75) is 32.5 Å². The van der Waals surface area contributed by atoms with Gasteiger partial charge >= 0.3 is 12.1 Å². The van der Waals surface area contributed by atoms with E-state index in [1.54, 1.807) is 44.2 Å². The SMILES string of the molecule is CCOC(Cc1ccc(OCC=C(C)C#Cc2cccc(C(F)(F)F)c2)cc1)C(=O)O. The number of ether oxygens (including phenoxy) is 2. The minimum atomic E-state index is -4.40. The third kappa shape index (κ3) is 8.19. The Morgan fingerprint density at radius 2 is 1.90 bits per heavy atom. The molecule has 1 atom stereocenters. The predicted octanol–water partition coefficient (Wildman–Crippen LogP) is 5.11. The summed E-state index contributed by atoms with van der Waals surface area (Å²) in [7, 11) is 0. The summed E-state index contributed by atoms with van der Waals surface area (Å²) < 4.78 is 49.0. The number of allylic oxidation sites excluding steroid dienone is 1. The highest BCUT2D eigenvalue weighted by molar-refractivity contribution is 5.72. The third-order valence-corrected chi connectivity index (χ3v) is 4.22. The van der Waals surface area contributed by atoms with Gasteiger partial charge in [0.05, 0.1) is 5.56 Å². The summed E-state index contributed by atoms with van der Waals surface area (Å²) in [6, 6.07) is 11.9. The number of carboxylic acid groups (broad SMARTS) is 1. The molecule has 1 N–H and O–H groups in total. The van der Waals surface area contributed by atoms with Crippen LogP contribution in [0.15, 0.2) is 60.2 Å². The van der Waals surface area contributed by atoms with E-state index in [9.17, 15) is 18.0 Å². The summed E-state index contributed by atoms with van der Waals surface area (Å²) in [6.45, 7) is 4.04. The van der Waals surface area contributed by atoms with Crippen molar-refractivity contribution in [2.75, 3.05) is 13.2 Å². The molecule has 0 bridgehead atoms. The molecule has 31 heavy (non-hydrogen) atoms. The van der Waals surface area contributed by atoms with Gasteiger partial charge in [0.2, 0.25) is 0 Å². The molecule has 0 aromatic heterocycles. The lowest BCUT2D eigenvalue weighted by Crippen LogP contribution is -2.26. The van der Waals surface area contributed by atoms with Crippen LogP contribution in [0.2, 0.25) is 0 Å². The van der Waals surface area contributed by atoms with Crippen LogP contribution >= 0.6 is 0 Å². The van der Waals surface area contributed by atoms with Crippen molar-refractivity contribution < 1.29 is 32.5 Å². The summed E-state index contributed by atoms with van der Waals surface area (Å²) in [6.07, 6.45) is -3.31. The zero-order valence-corrected chi connectivity index (χ0v) is 17.2. The number of halogens is 3. The largest absolute Gasteiger partial charge is 0.490 e. The number of hydrogen-bond donors (Lipinski definition) is 1. The molecule has 0 amide bonds. The van der Waals surface area contributed by atoms with Crippen LogP contribution in [-0.4, -0.2) is 30.4 Å². The molecule has 4 nitrogen and oxygen atoms in total. The van der Waals surface area contributed by atoms with Gasteiger partial charge in [0.15, 0.2) is 6.10 Å². The van der Waals surface area contributed by atoms with Crippen molar-refractivity contribution in [3.8, 4) is 17.6 Å². The Bertz CT molecular complexity index is 967. The van der Waals surface area contributed by atoms with Gasteiger partial charge in [-0.2, -0.15) is 13.2 Å². The average Bonchev–Trinajstić information content (AvgIpc) is 2.72. The number of rotatable bonds is 8. The number of alkyl halides is 3. The van der Waals surface area contributed by atoms with E-state index in [0.29, 0.717) is 17.9 Å². The van der Waals surface area contributed by atoms with Crippen LogP contribution in [0.5, 0.6) is 5.75 Å². The fourth-order valence-corrected chi connectivity index (χ4v) is 2.61. The Morgan fingerprint density at radius 1 is 1.19 bits per heavy atom. The first kappa shape index (κ1) is 24.0. The second-order valence-electron chi connectivity index (χ2n) is 6.66. The van der Waals surface area contributed by atoms with Gasteiger partial charge in [-0.25, -0.2) is 4.79 Å². The first-order valence-electron chi connectivity index (χ1n) is 9.61. The summed E-state index contributed by atoms with van der Waals surface area (Å²) in [5, 5.41) is 9.14. The van der Waals surface area contributed by atoms with Crippen molar-refractivity contribution in [1.29, 1.82) is 0 Å². The Labute approximate surface area is 179 Å². The quantitative estimate of drug-likeness (QED) is 0.589. The van der Waals surface area contributed by atoms with Gasteiger partial charge in [-0.15, -0.1) is 0 Å². The maximum atomic E-state index is 12.7. The van der Waals surface area contributed by atoms with E-state index in [2.05, 4.69) is 11.8 Å². The number of hydrogen-bond acceptors (Lipinski definition) is 3. The molecule has 0 aliphatic rings. The van der Waals surface area contributed by atoms with Gasteiger partial charge in [0.25, 0.3) is 0 Å². The summed E-state index contributed by atoms with van der Waals surface area (Å²) in [5.74, 6) is 5.12. The molecule has 2 aromatic carbocycles. The van der Waals surface area contributed by atoms with Crippen LogP contribution < -0.4 is 4.74 Å². The lowest BCUT2D eigenvalue weighted by atomic mass is 10.1. The van der Waals surface area contributed by atoms with E-state index in [-0.39, 0.29) is 18.6 Å². The second kappa shape index (κ2) is 11.2. The molecule has 7 heteroatoms. The standard InChI is InChI=1S/C24H23F3O4/c1-3-30-22(23(28)29)16-19-9-11-21(12-10-19)31-14-13-17(2)7-8-18-5-4-6-20(15-18)24(25,26)27/h4-6,9-13,15,22H,3,14,16H2,1-2H3,(H,28,29). The van der Waals surface area contributed by atoms with E-state index in [1.165, 1.54) is 12.1 Å². The number of benzene rings is 2. The lowest BCUT2D eigenvalue weighted by molar-refractivity contribution is -0.150. The maximum Gasteiger partial charge on any atom is 0.416 e. The number of aliphatic carboxylic acids is 1. The van der Waals surface area contributed by atoms with Crippen LogP contribution in [0.3, 0.4) is 0 Å². The van der Waals surface area contributed by atoms with Crippen molar-refractivity contribution >= 4 is 5.97 Å². The van der Waals surface area contributed by atoms with E-state index in [1.807, 2.05) is 0 Å². The van der Waals surface area contributed by atoms with Crippen molar-refractivity contribution in [3.05, 3.63) is 76.9 Å². The molecule has 1 unspecified atom stereocenters. The maximum absolute atomic E-state index is 12.7. The highest BCUT2D eigenvalue weighted by Crippen LogP contribution is 2.29. The molecule has 0 saturated heterocycles. The molecule has 0 heterocycles. The van der Waals surface area contributed by atoms with Gasteiger partial charge in [-0.05, 0) is 61.4 Å². The molecular weight excluding hydrogens is 409 g/mol. The highest BCUT2D eigenvalue weighted by Gasteiger charge is 2.30. The third-order valence-electron chi connectivity index (χ3n) is 4.22. The molecule has 0 fully saturated rings. The Balaban J connectivity index is 1.91. The monoisotopic (exact) mass is 432 g/mol.